The Balaban J connectivity index is 1.77. The van der Waals surface area contributed by atoms with Crippen molar-refractivity contribution >= 4 is 27.5 Å². The molecule has 2 aromatic heterocycles. The van der Waals surface area contributed by atoms with Crippen LogP contribution in [0.2, 0.25) is 0 Å². The normalized spacial score (nSPS) is 14.6. The number of hydrogen-bond acceptors (Lipinski definition) is 6. The third-order valence-corrected chi connectivity index (χ3v) is 5.36. The Morgan fingerprint density at radius 1 is 1.10 bits per heavy atom. The van der Waals surface area contributed by atoms with Gasteiger partial charge in [0.25, 0.3) is 0 Å². The number of halogens is 2. The first-order valence-electron chi connectivity index (χ1n) is 9.73. The average Bonchev–Trinajstić information content (AvgIpc) is 2.74. The maximum Gasteiger partial charge on any atom is 0.175 e. The van der Waals surface area contributed by atoms with Crippen LogP contribution in [-0.2, 0) is 0 Å². The summed E-state index contributed by atoms with van der Waals surface area (Å²) in [5.41, 5.74) is 0.259. The van der Waals surface area contributed by atoms with E-state index in [1.807, 2.05) is 0 Å². The number of nitrogens with zero attached hydrogens (tertiary/aromatic N) is 4. The van der Waals surface area contributed by atoms with Gasteiger partial charge in [-0.25, -0.2) is 18.7 Å². The van der Waals surface area contributed by atoms with E-state index < -0.39 is 11.6 Å². The number of benzene rings is 2. The van der Waals surface area contributed by atoms with Gasteiger partial charge in [-0.3, -0.25) is 4.98 Å². The van der Waals surface area contributed by atoms with Gasteiger partial charge in [0.05, 0.1) is 5.39 Å². The van der Waals surface area contributed by atoms with Crippen LogP contribution in [0.1, 0.15) is 5.82 Å². The zero-order chi connectivity index (χ0) is 20.8. The number of anilines is 1. The highest BCUT2D eigenvalue weighted by atomic mass is 19.1. The molecule has 8 heteroatoms. The lowest BCUT2D eigenvalue weighted by molar-refractivity contribution is 0.476. The van der Waals surface area contributed by atoms with Gasteiger partial charge in [0, 0.05) is 43.3 Å². The number of phenolic OH excluding ortho intramolecular Hbond substituents is 1. The predicted octanol–water partition coefficient (Wildman–Crippen LogP) is 3.55. The number of piperazine rings is 1. The molecule has 1 saturated heterocycles. The summed E-state index contributed by atoms with van der Waals surface area (Å²) < 4.78 is 30.3. The topological polar surface area (TPSA) is 74.2 Å². The van der Waals surface area contributed by atoms with E-state index in [0.717, 1.165) is 26.2 Å². The van der Waals surface area contributed by atoms with E-state index in [1.54, 1.807) is 19.1 Å². The number of nitrogens with one attached hydrogen (secondary N) is 1. The summed E-state index contributed by atoms with van der Waals surface area (Å²) in [4.78, 5) is 15.2. The Hall–Kier alpha value is -3.39. The first kappa shape index (κ1) is 18.6. The molecule has 2 N–H and O–H groups in total. The average molecular weight is 407 g/mol. The van der Waals surface area contributed by atoms with Crippen LogP contribution in [0.3, 0.4) is 0 Å². The zero-order valence-electron chi connectivity index (χ0n) is 16.3. The van der Waals surface area contributed by atoms with Crippen LogP contribution >= 0.6 is 0 Å². The van der Waals surface area contributed by atoms with Gasteiger partial charge in [0.1, 0.15) is 34.4 Å². The van der Waals surface area contributed by atoms with Crippen molar-refractivity contribution in [2.75, 3.05) is 31.1 Å². The quantitative estimate of drug-likeness (QED) is 0.530. The minimum Gasteiger partial charge on any atom is -0.508 e. The molecule has 30 heavy (non-hydrogen) atoms. The van der Waals surface area contributed by atoms with Crippen LogP contribution < -0.4 is 10.2 Å². The summed E-state index contributed by atoms with van der Waals surface area (Å²) in [5.74, 6) is -0.179. The van der Waals surface area contributed by atoms with Crippen molar-refractivity contribution in [3.05, 3.63) is 54.0 Å². The van der Waals surface area contributed by atoms with Gasteiger partial charge in [-0.1, -0.05) is 12.1 Å². The Morgan fingerprint density at radius 2 is 1.90 bits per heavy atom. The van der Waals surface area contributed by atoms with Crippen LogP contribution in [0.25, 0.3) is 32.9 Å². The zero-order valence-corrected chi connectivity index (χ0v) is 16.3. The lowest BCUT2D eigenvalue weighted by Crippen LogP contribution is -2.44. The maximum absolute atomic E-state index is 15.7. The number of rotatable bonds is 2. The lowest BCUT2D eigenvalue weighted by Gasteiger charge is -2.29. The first-order valence-corrected chi connectivity index (χ1v) is 9.73. The summed E-state index contributed by atoms with van der Waals surface area (Å²) in [6.07, 6.45) is 1.53. The summed E-state index contributed by atoms with van der Waals surface area (Å²) in [5, 5.41) is 14.6. The van der Waals surface area contributed by atoms with Crippen LogP contribution in [-0.4, -0.2) is 46.2 Å². The van der Waals surface area contributed by atoms with E-state index in [2.05, 4.69) is 25.2 Å². The minimum atomic E-state index is -0.662. The molecule has 1 aliphatic rings. The van der Waals surface area contributed by atoms with E-state index >= 15 is 4.39 Å². The number of fused-ring (bicyclic) bond motifs is 2. The van der Waals surface area contributed by atoms with Gasteiger partial charge in [0.15, 0.2) is 5.82 Å². The standard InChI is InChI=1S/C22H19F2N5O/c1-12-27-21-16(22(28-12)29-7-5-25-6-8-29)11-26-20(19(21)24)15-10-14(30)9-13-3-2-4-17(23)18(13)15/h2-4,9-11,25,30H,5-8H2,1H3. The van der Waals surface area contributed by atoms with Gasteiger partial charge in [-0.05, 0) is 30.5 Å². The van der Waals surface area contributed by atoms with Crippen LogP contribution in [0, 0.1) is 18.6 Å². The molecule has 4 aromatic rings. The number of hydrogen-bond donors (Lipinski definition) is 2. The molecule has 0 amide bonds. The van der Waals surface area contributed by atoms with Crippen LogP contribution in [0.4, 0.5) is 14.6 Å². The predicted molar refractivity (Wildman–Crippen MR) is 112 cm³/mol. The molecule has 6 nitrogen and oxygen atoms in total. The largest absolute Gasteiger partial charge is 0.508 e. The number of aryl methyl sites for hydroxylation is 1. The van der Waals surface area contributed by atoms with E-state index in [0.29, 0.717) is 22.4 Å². The molecule has 3 heterocycles. The first-order chi connectivity index (χ1) is 14.5. The monoisotopic (exact) mass is 407 g/mol. The molecule has 0 radical (unpaired) electrons. The van der Waals surface area contributed by atoms with E-state index in [1.165, 1.54) is 24.4 Å². The summed E-state index contributed by atoms with van der Waals surface area (Å²) in [6.45, 7) is 4.84. The SMILES string of the molecule is Cc1nc(N2CCNCC2)c2cnc(-c3cc(O)cc4cccc(F)c34)c(F)c2n1. The highest BCUT2D eigenvalue weighted by Crippen LogP contribution is 2.37. The lowest BCUT2D eigenvalue weighted by atomic mass is 9.99. The summed E-state index contributed by atoms with van der Waals surface area (Å²) in [6, 6.07) is 7.27. The molecule has 152 valence electrons. The molecule has 0 bridgehead atoms. The Morgan fingerprint density at radius 3 is 2.70 bits per heavy atom. The number of pyridine rings is 1. The molecule has 0 spiro atoms. The third-order valence-electron chi connectivity index (χ3n) is 5.36. The van der Waals surface area contributed by atoms with Gasteiger partial charge in [-0.15, -0.1) is 0 Å². The fourth-order valence-electron chi connectivity index (χ4n) is 4.01. The van der Waals surface area contributed by atoms with Crippen molar-refractivity contribution in [3.8, 4) is 17.0 Å². The Bertz CT molecular complexity index is 1290. The Labute approximate surface area is 171 Å². The van der Waals surface area contributed by atoms with Gasteiger partial charge < -0.3 is 15.3 Å². The van der Waals surface area contributed by atoms with Gasteiger partial charge >= 0.3 is 0 Å². The third kappa shape index (κ3) is 3.00. The molecule has 0 saturated carbocycles. The van der Waals surface area contributed by atoms with Gasteiger partial charge in [0.2, 0.25) is 0 Å². The molecule has 2 aromatic carbocycles. The minimum absolute atomic E-state index is 0.0575. The molecule has 0 atom stereocenters. The highest BCUT2D eigenvalue weighted by Gasteiger charge is 2.22. The molecular formula is C22H19F2N5O. The summed E-state index contributed by atoms with van der Waals surface area (Å²) in [7, 11) is 0. The number of aromatic nitrogens is 3. The van der Waals surface area contributed by atoms with Gasteiger partial charge in [-0.2, -0.15) is 0 Å². The van der Waals surface area contributed by atoms with Crippen molar-refractivity contribution in [2.45, 2.75) is 6.92 Å². The fraction of sp³-hybridized carbons (Fsp3) is 0.227. The smallest absolute Gasteiger partial charge is 0.175 e. The Kier molecular flexibility index (Phi) is 4.43. The van der Waals surface area contributed by atoms with Crippen molar-refractivity contribution < 1.29 is 13.9 Å². The van der Waals surface area contributed by atoms with Crippen molar-refractivity contribution in [1.29, 1.82) is 0 Å². The number of phenols is 1. The van der Waals surface area contributed by atoms with E-state index in [-0.39, 0.29) is 27.9 Å². The molecule has 1 fully saturated rings. The molecule has 5 rings (SSSR count). The van der Waals surface area contributed by atoms with Crippen molar-refractivity contribution in [2.24, 2.45) is 0 Å². The maximum atomic E-state index is 15.7. The molecular weight excluding hydrogens is 388 g/mol. The van der Waals surface area contributed by atoms with Crippen molar-refractivity contribution in [3.63, 3.8) is 0 Å². The van der Waals surface area contributed by atoms with E-state index in [9.17, 15) is 9.50 Å². The molecule has 0 aliphatic carbocycles. The molecule has 1 aliphatic heterocycles. The van der Waals surface area contributed by atoms with Crippen molar-refractivity contribution in [1.82, 2.24) is 20.3 Å². The second kappa shape index (κ2) is 7.14. The second-order valence-corrected chi connectivity index (χ2v) is 7.35. The van der Waals surface area contributed by atoms with E-state index in [4.69, 9.17) is 0 Å². The number of aromatic hydroxyl groups is 1. The fourth-order valence-corrected chi connectivity index (χ4v) is 4.01. The second-order valence-electron chi connectivity index (χ2n) is 7.35. The van der Waals surface area contributed by atoms with Crippen LogP contribution in [0.15, 0.2) is 36.5 Å². The summed E-state index contributed by atoms with van der Waals surface area (Å²) >= 11 is 0. The highest BCUT2D eigenvalue weighted by molar-refractivity contribution is 6.00. The van der Waals surface area contributed by atoms with Crippen LogP contribution in [0.5, 0.6) is 5.75 Å². The molecule has 0 unspecified atom stereocenters.